The fraction of sp³-hybridized carbons (Fsp3) is 0.375. The minimum absolute atomic E-state index is 0.0201. The van der Waals surface area contributed by atoms with Crippen molar-refractivity contribution in [3.05, 3.63) is 71.7 Å². The molecule has 0 saturated carbocycles. The maximum atomic E-state index is 13.8. The molecule has 2 N–H and O–H groups in total. The summed E-state index contributed by atoms with van der Waals surface area (Å²) in [6.07, 6.45) is -6.18. The SMILES string of the molecule is COC(=O)[C@@H](O)[C@@H]1OC2COC(c3ccccc3)O[C@@H]2C(n2cc(-c3cc(F)c(F)c(F)c3)nn2)C1O. The monoisotopic (exact) mass is 521 g/mol. The highest BCUT2D eigenvalue weighted by Gasteiger charge is 2.53. The third-order valence-corrected chi connectivity index (χ3v) is 6.34. The zero-order chi connectivity index (χ0) is 26.3. The van der Waals surface area contributed by atoms with E-state index in [4.69, 9.17) is 14.2 Å². The van der Waals surface area contributed by atoms with Crippen LogP contribution in [0.4, 0.5) is 13.2 Å². The fourth-order valence-electron chi connectivity index (χ4n) is 4.50. The van der Waals surface area contributed by atoms with Crippen LogP contribution in [0.1, 0.15) is 17.9 Å². The third kappa shape index (κ3) is 4.71. The number of hydrogen-bond donors (Lipinski definition) is 2. The number of benzene rings is 2. The summed E-state index contributed by atoms with van der Waals surface area (Å²) in [6.45, 7) is -0.0201. The van der Waals surface area contributed by atoms with E-state index in [1.165, 1.54) is 10.9 Å². The Hall–Kier alpha value is -3.36. The molecule has 7 atom stereocenters. The number of rotatable bonds is 5. The van der Waals surface area contributed by atoms with Gasteiger partial charge < -0.3 is 29.2 Å². The number of carbonyl (C=O) groups excluding carboxylic acids is 1. The average Bonchev–Trinajstić information content (AvgIpc) is 3.40. The van der Waals surface area contributed by atoms with Gasteiger partial charge in [-0.3, -0.25) is 0 Å². The Morgan fingerprint density at radius 3 is 2.54 bits per heavy atom. The van der Waals surface area contributed by atoms with Crippen LogP contribution in [0.25, 0.3) is 11.3 Å². The molecular weight excluding hydrogens is 499 g/mol. The molecule has 5 rings (SSSR count). The zero-order valence-corrected chi connectivity index (χ0v) is 19.3. The van der Waals surface area contributed by atoms with E-state index in [2.05, 4.69) is 15.0 Å². The zero-order valence-electron chi connectivity index (χ0n) is 19.3. The van der Waals surface area contributed by atoms with Crippen LogP contribution in [0.3, 0.4) is 0 Å². The van der Waals surface area contributed by atoms with Gasteiger partial charge in [0.2, 0.25) is 0 Å². The van der Waals surface area contributed by atoms with E-state index in [1.54, 1.807) is 24.3 Å². The number of aliphatic hydroxyl groups excluding tert-OH is 2. The molecule has 1 aromatic heterocycles. The van der Waals surface area contributed by atoms with Crippen LogP contribution in [0.2, 0.25) is 0 Å². The van der Waals surface area contributed by atoms with Crippen molar-refractivity contribution in [3.63, 3.8) is 0 Å². The molecule has 0 bridgehead atoms. The summed E-state index contributed by atoms with van der Waals surface area (Å²) in [5, 5.41) is 29.6. The second-order valence-electron chi connectivity index (χ2n) is 8.60. The van der Waals surface area contributed by atoms with Crippen LogP contribution in [0.5, 0.6) is 0 Å². The number of aliphatic hydroxyl groups is 2. The van der Waals surface area contributed by atoms with E-state index in [0.717, 1.165) is 19.2 Å². The largest absolute Gasteiger partial charge is 0.467 e. The number of esters is 1. The molecule has 0 amide bonds. The first-order valence-electron chi connectivity index (χ1n) is 11.3. The Morgan fingerprint density at radius 1 is 1.16 bits per heavy atom. The minimum atomic E-state index is -1.85. The summed E-state index contributed by atoms with van der Waals surface area (Å²) < 4.78 is 64.5. The number of ether oxygens (including phenoxy) is 4. The van der Waals surface area contributed by atoms with Crippen LogP contribution >= 0.6 is 0 Å². The smallest absolute Gasteiger partial charge is 0.337 e. The second kappa shape index (κ2) is 10.2. The first-order valence-corrected chi connectivity index (χ1v) is 11.3. The molecule has 13 heteroatoms. The van der Waals surface area contributed by atoms with E-state index < -0.39 is 66.3 Å². The van der Waals surface area contributed by atoms with Crippen LogP contribution in [-0.4, -0.2) is 75.4 Å². The average molecular weight is 521 g/mol. The maximum absolute atomic E-state index is 13.8. The highest BCUT2D eigenvalue weighted by Crippen LogP contribution is 2.40. The molecule has 2 fully saturated rings. The Kier molecular flexibility index (Phi) is 6.96. The van der Waals surface area contributed by atoms with Crippen molar-refractivity contribution in [3.8, 4) is 11.3 Å². The lowest BCUT2D eigenvalue weighted by molar-refractivity contribution is -0.323. The van der Waals surface area contributed by atoms with Crippen LogP contribution in [-0.2, 0) is 23.7 Å². The van der Waals surface area contributed by atoms with Gasteiger partial charge in [-0.2, -0.15) is 0 Å². The molecule has 2 aliphatic rings. The highest BCUT2D eigenvalue weighted by molar-refractivity contribution is 5.75. The van der Waals surface area contributed by atoms with Gasteiger partial charge in [-0.1, -0.05) is 35.5 Å². The van der Waals surface area contributed by atoms with Gasteiger partial charge >= 0.3 is 5.97 Å². The van der Waals surface area contributed by atoms with Gasteiger partial charge in [-0.05, 0) is 12.1 Å². The van der Waals surface area contributed by atoms with Gasteiger partial charge in [-0.25, -0.2) is 22.6 Å². The molecule has 2 saturated heterocycles. The predicted octanol–water partition coefficient (Wildman–Crippen LogP) is 1.68. The topological polar surface area (TPSA) is 125 Å². The van der Waals surface area contributed by atoms with Gasteiger partial charge in [0.15, 0.2) is 29.8 Å². The number of fused-ring (bicyclic) bond motifs is 1. The van der Waals surface area contributed by atoms with E-state index in [0.29, 0.717) is 5.56 Å². The van der Waals surface area contributed by atoms with Crippen molar-refractivity contribution in [1.82, 2.24) is 15.0 Å². The number of hydrogen-bond acceptors (Lipinski definition) is 9. The van der Waals surface area contributed by atoms with Gasteiger partial charge in [0.05, 0.1) is 19.9 Å². The Labute approximate surface area is 208 Å². The van der Waals surface area contributed by atoms with Crippen LogP contribution in [0.15, 0.2) is 48.7 Å². The fourth-order valence-corrected chi connectivity index (χ4v) is 4.50. The number of carbonyl (C=O) groups is 1. The molecule has 196 valence electrons. The lowest BCUT2D eigenvalue weighted by Gasteiger charge is -2.48. The molecule has 37 heavy (non-hydrogen) atoms. The van der Waals surface area contributed by atoms with Crippen LogP contribution < -0.4 is 0 Å². The predicted molar refractivity (Wildman–Crippen MR) is 117 cm³/mol. The first-order chi connectivity index (χ1) is 17.8. The Bertz CT molecular complexity index is 1250. The summed E-state index contributed by atoms with van der Waals surface area (Å²) in [6, 6.07) is 9.42. The standard InChI is InChI=1S/C24H22F3N3O7/c1-34-23(33)20(32)22-19(31)18(21-16(36-22)10-35-24(37-21)11-5-3-2-4-6-11)30-9-15(28-29-30)12-7-13(25)17(27)14(26)8-12/h2-9,16,18-22,24,31-32H,10H2,1H3/t16?,18?,19?,20-,21-,22+,24?/m0/s1. The van der Waals surface area contributed by atoms with Crippen molar-refractivity contribution in [1.29, 1.82) is 0 Å². The molecule has 4 unspecified atom stereocenters. The lowest BCUT2D eigenvalue weighted by atomic mass is 9.89. The Morgan fingerprint density at radius 2 is 1.86 bits per heavy atom. The number of nitrogens with zero attached hydrogens (tertiary/aromatic N) is 3. The minimum Gasteiger partial charge on any atom is -0.467 e. The van der Waals surface area contributed by atoms with Crippen molar-refractivity contribution in [2.24, 2.45) is 0 Å². The van der Waals surface area contributed by atoms with Gasteiger partial charge in [0.1, 0.15) is 36.2 Å². The van der Waals surface area contributed by atoms with Crippen molar-refractivity contribution < 1.29 is 47.1 Å². The maximum Gasteiger partial charge on any atom is 0.337 e. The molecule has 2 aliphatic heterocycles. The molecule has 3 aromatic rings. The van der Waals surface area contributed by atoms with Gasteiger partial charge in [0, 0.05) is 11.1 Å². The summed E-state index contributed by atoms with van der Waals surface area (Å²) >= 11 is 0. The van der Waals surface area contributed by atoms with Crippen molar-refractivity contribution >= 4 is 5.97 Å². The summed E-state index contributed by atoms with van der Waals surface area (Å²) in [7, 11) is 1.07. The van der Waals surface area contributed by atoms with E-state index >= 15 is 0 Å². The van der Waals surface area contributed by atoms with E-state index in [-0.39, 0.29) is 17.9 Å². The van der Waals surface area contributed by atoms with Crippen molar-refractivity contribution in [2.45, 2.75) is 42.9 Å². The first kappa shape index (κ1) is 25.3. The molecule has 0 aliphatic carbocycles. The van der Waals surface area contributed by atoms with E-state index in [9.17, 15) is 28.2 Å². The quantitative estimate of drug-likeness (QED) is 0.381. The highest BCUT2D eigenvalue weighted by atomic mass is 19.2. The summed E-state index contributed by atoms with van der Waals surface area (Å²) in [5.41, 5.74) is 0.578. The van der Waals surface area contributed by atoms with Gasteiger partial charge in [-0.15, -0.1) is 5.10 Å². The number of methoxy groups -OCH3 is 1. The normalized spacial score (nSPS) is 28.4. The number of aromatic nitrogens is 3. The molecule has 0 spiro atoms. The van der Waals surface area contributed by atoms with Crippen LogP contribution in [0, 0.1) is 17.5 Å². The summed E-state index contributed by atoms with van der Waals surface area (Å²) in [5.74, 6) is -5.47. The molecule has 2 aromatic carbocycles. The summed E-state index contributed by atoms with van der Waals surface area (Å²) in [4.78, 5) is 12.0. The van der Waals surface area contributed by atoms with E-state index in [1.807, 2.05) is 6.07 Å². The van der Waals surface area contributed by atoms with Crippen molar-refractivity contribution in [2.75, 3.05) is 13.7 Å². The lowest BCUT2D eigenvalue weighted by Crippen LogP contribution is -2.62. The molecular formula is C24H22F3N3O7. The third-order valence-electron chi connectivity index (χ3n) is 6.34. The molecule has 10 nitrogen and oxygen atoms in total. The Balaban J connectivity index is 1.51. The number of halogens is 3. The van der Waals surface area contributed by atoms with Gasteiger partial charge in [0.25, 0.3) is 0 Å². The molecule has 3 heterocycles. The molecule has 0 radical (unpaired) electrons. The second-order valence-corrected chi connectivity index (χ2v) is 8.60.